The van der Waals surface area contributed by atoms with Crippen molar-refractivity contribution in [3.63, 3.8) is 0 Å². The van der Waals surface area contributed by atoms with Crippen molar-refractivity contribution in [2.24, 2.45) is 0 Å². The second-order valence-corrected chi connectivity index (χ2v) is 8.36. The second-order valence-electron chi connectivity index (χ2n) is 6.77. The first-order chi connectivity index (χ1) is 14.4. The molecule has 0 aliphatic heterocycles. The first kappa shape index (κ1) is 21.1. The molecule has 2 aromatic carbocycles. The molecule has 1 aliphatic rings. The topological polar surface area (TPSA) is 84.3 Å². The van der Waals surface area contributed by atoms with E-state index in [2.05, 4.69) is 31.2 Å². The van der Waals surface area contributed by atoms with Gasteiger partial charge in [-0.05, 0) is 45.3 Å². The van der Waals surface area contributed by atoms with E-state index < -0.39 is 12.1 Å². The number of carbonyl (C=O) groups is 1. The van der Waals surface area contributed by atoms with Gasteiger partial charge in [-0.25, -0.2) is 14.8 Å². The molecule has 0 saturated heterocycles. The third-order valence-corrected chi connectivity index (χ3v) is 6.02. The van der Waals surface area contributed by atoms with Crippen LogP contribution in [0.1, 0.15) is 27.7 Å². The number of aliphatic hydroxyl groups is 1. The van der Waals surface area contributed by atoms with Gasteiger partial charge in [0.2, 0.25) is 0 Å². The Labute approximate surface area is 191 Å². The number of fused-ring (bicyclic) bond motifs is 1. The molecule has 0 amide bonds. The van der Waals surface area contributed by atoms with Gasteiger partial charge in [-0.1, -0.05) is 47.5 Å². The van der Waals surface area contributed by atoms with Crippen molar-refractivity contribution >= 4 is 50.9 Å². The zero-order valence-corrected chi connectivity index (χ0v) is 18.8. The van der Waals surface area contributed by atoms with E-state index in [0.717, 1.165) is 11.1 Å². The monoisotopic (exact) mass is 507 g/mol. The van der Waals surface area contributed by atoms with Crippen LogP contribution >= 0.6 is 39.1 Å². The number of ether oxygens (including phenoxy) is 1. The van der Waals surface area contributed by atoms with E-state index in [9.17, 15) is 9.90 Å². The van der Waals surface area contributed by atoms with Crippen LogP contribution in [-0.4, -0.2) is 34.3 Å². The van der Waals surface area contributed by atoms with Crippen molar-refractivity contribution in [1.29, 1.82) is 0 Å². The number of rotatable bonds is 4. The number of halogens is 3. The summed E-state index contributed by atoms with van der Waals surface area (Å²) in [5, 5.41) is 14.5. The SMILES string of the molecule is COC(=O)c1nc(NC2c3ccccc3CC2O)c(Br)nc1-c1ccc(Cl)cc1Cl. The molecule has 0 radical (unpaired) electrons. The Balaban J connectivity index is 1.78. The van der Waals surface area contributed by atoms with E-state index in [0.29, 0.717) is 32.5 Å². The molecule has 0 fully saturated rings. The molecule has 2 atom stereocenters. The van der Waals surface area contributed by atoms with Gasteiger partial charge >= 0.3 is 5.97 Å². The standard InChI is InChI=1S/C21H16BrCl2N3O3/c1-30-21(29)18-17(13-7-6-11(23)9-14(13)24)25-19(22)20(27-18)26-16-12-5-3-2-4-10(12)8-15(16)28/h2-7,9,15-16,28H,8H2,1H3,(H,26,27). The molecule has 1 heterocycles. The minimum atomic E-state index is -0.661. The summed E-state index contributed by atoms with van der Waals surface area (Å²) in [4.78, 5) is 21.4. The van der Waals surface area contributed by atoms with Crippen LogP contribution in [-0.2, 0) is 11.2 Å². The lowest BCUT2D eigenvalue weighted by Crippen LogP contribution is -2.23. The number of carbonyl (C=O) groups excluding carboxylic acids is 1. The normalized spacial score (nSPS) is 17.5. The van der Waals surface area contributed by atoms with E-state index >= 15 is 0 Å². The highest BCUT2D eigenvalue weighted by Crippen LogP contribution is 2.37. The summed E-state index contributed by atoms with van der Waals surface area (Å²) in [5.41, 5.74) is 2.78. The average Bonchev–Trinajstić information content (AvgIpc) is 3.04. The number of hydrogen-bond donors (Lipinski definition) is 2. The maximum Gasteiger partial charge on any atom is 0.359 e. The third-order valence-electron chi connectivity index (χ3n) is 4.91. The Morgan fingerprint density at radius 1 is 1.23 bits per heavy atom. The van der Waals surface area contributed by atoms with Gasteiger partial charge in [0.25, 0.3) is 0 Å². The lowest BCUT2D eigenvalue weighted by Gasteiger charge is -2.20. The summed E-state index contributed by atoms with van der Waals surface area (Å²) in [6.45, 7) is 0. The van der Waals surface area contributed by atoms with Gasteiger partial charge in [-0.2, -0.15) is 0 Å². The van der Waals surface area contributed by atoms with Crippen LogP contribution in [0.25, 0.3) is 11.3 Å². The molecule has 2 unspecified atom stereocenters. The molecule has 2 N–H and O–H groups in total. The van der Waals surface area contributed by atoms with E-state index in [4.69, 9.17) is 27.9 Å². The van der Waals surface area contributed by atoms with Crippen molar-refractivity contribution in [2.45, 2.75) is 18.6 Å². The molecule has 0 spiro atoms. The molecule has 9 heteroatoms. The Hall–Kier alpha value is -2.19. The quantitative estimate of drug-likeness (QED) is 0.478. The Bertz CT molecular complexity index is 1140. The molecule has 1 aromatic heterocycles. The van der Waals surface area contributed by atoms with Crippen LogP contribution in [0, 0.1) is 0 Å². The fourth-order valence-electron chi connectivity index (χ4n) is 3.51. The Morgan fingerprint density at radius 2 is 2.00 bits per heavy atom. The first-order valence-electron chi connectivity index (χ1n) is 9.02. The van der Waals surface area contributed by atoms with Gasteiger partial charge in [0.15, 0.2) is 11.5 Å². The van der Waals surface area contributed by atoms with Crippen molar-refractivity contribution in [2.75, 3.05) is 12.4 Å². The summed E-state index contributed by atoms with van der Waals surface area (Å²) in [7, 11) is 1.27. The summed E-state index contributed by atoms with van der Waals surface area (Å²) in [5.74, 6) is -0.351. The number of esters is 1. The van der Waals surface area contributed by atoms with Gasteiger partial charge in [0.1, 0.15) is 10.3 Å². The number of nitrogens with zero attached hydrogens (tertiary/aromatic N) is 2. The summed E-state index contributed by atoms with van der Waals surface area (Å²) < 4.78 is 5.27. The Kier molecular flexibility index (Phi) is 5.97. The largest absolute Gasteiger partial charge is 0.464 e. The molecule has 6 nitrogen and oxygen atoms in total. The number of hydrogen-bond acceptors (Lipinski definition) is 6. The molecular formula is C21H16BrCl2N3O3. The number of methoxy groups -OCH3 is 1. The van der Waals surface area contributed by atoms with Gasteiger partial charge in [0.05, 0.1) is 24.3 Å². The number of aromatic nitrogens is 2. The van der Waals surface area contributed by atoms with Crippen molar-refractivity contribution < 1.29 is 14.6 Å². The molecular weight excluding hydrogens is 493 g/mol. The van der Waals surface area contributed by atoms with Gasteiger partial charge in [-0.15, -0.1) is 0 Å². The van der Waals surface area contributed by atoms with Crippen LogP contribution in [0.15, 0.2) is 47.1 Å². The van der Waals surface area contributed by atoms with Crippen LogP contribution in [0.5, 0.6) is 0 Å². The number of benzene rings is 2. The maximum atomic E-state index is 12.5. The molecule has 154 valence electrons. The van der Waals surface area contributed by atoms with E-state index in [-0.39, 0.29) is 17.4 Å². The molecule has 1 aliphatic carbocycles. The number of nitrogens with one attached hydrogen (secondary N) is 1. The van der Waals surface area contributed by atoms with Crippen LogP contribution in [0.3, 0.4) is 0 Å². The number of aliphatic hydroxyl groups excluding tert-OH is 1. The highest BCUT2D eigenvalue weighted by Gasteiger charge is 2.32. The van der Waals surface area contributed by atoms with Crippen LogP contribution < -0.4 is 5.32 Å². The second kappa shape index (κ2) is 8.51. The van der Waals surface area contributed by atoms with Crippen molar-refractivity contribution in [3.05, 3.63) is 73.9 Å². The van der Waals surface area contributed by atoms with Gasteiger partial charge in [0, 0.05) is 17.0 Å². The van der Waals surface area contributed by atoms with Gasteiger partial charge in [-0.3, -0.25) is 0 Å². The predicted molar refractivity (Wildman–Crippen MR) is 119 cm³/mol. The number of anilines is 1. The fourth-order valence-corrected chi connectivity index (χ4v) is 4.39. The first-order valence-corrected chi connectivity index (χ1v) is 10.6. The zero-order valence-electron chi connectivity index (χ0n) is 15.7. The molecule has 30 heavy (non-hydrogen) atoms. The van der Waals surface area contributed by atoms with E-state index in [1.807, 2.05) is 24.3 Å². The fraction of sp³-hybridized carbons (Fsp3) is 0.190. The smallest absolute Gasteiger partial charge is 0.359 e. The van der Waals surface area contributed by atoms with Crippen molar-refractivity contribution in [1.82, 2.24) is 9.97 Å². The van der Waals surface area contributed by atoms with E-state index in [1.165, 1.54) is 7.11 Å². The third kappa shape index (κ3) is 3.90. The lowest BCUT2D eigenvalue weighted by molar-refractivity contribution is 0.0594. The summed E-state index contributed by atoms with van der Waals surface area (Å²) >= 11 is 15.7. The van der Waals surface area contributed by atoms with Crippen LogP contribution in [0.2, 0.25) is 10.0 Å². The van der Waals surface area contributed by atoms with Gasteiger partial charge < -0.3 is 15.2 Å². The minimum Gasteiger partial charge on any atom is -0.464 e. The molecule has 0 saturated carbocycles. The molecule has 4 rings (SSSR count). The molecule has 3 aromatic rings. The highest BCUT2D eigenvalue weighted by molar-refractivity contribution is 9.10. The van der Waals surface area contributed by atoms with Crippen molar-refractivity contribution in [3.8, 4) is 11.3 Å². The Morgan fingerprint density at radius 3 is 2.73 bits per heavy atom. The summed E-state index contributed by atoms with van der Waals surface area (Å²) in [6, 6.07) is 12.3. The zero-order chi connectivity index (χ0) is 21.4. The van der Waals surface area contributed by atoms with E-state index in [1.54, 1.807) is 18.2 Å². The maximum absolute atomic E-state index is 12.5. The highest BCUT2D eigenvalue weighted by atomic mass is 79.9. The average molecular weight is 509 g/mol. The predicted octanol–water partition coefficient (Wildman–Crippen LogP) is 5.07. The van der Waals surface area contributed by atoms with Crippen LogP contribution in [0.4, 0.5) is 5.82 Å². The summed E-state index contributed by atoms with van der Waals surface area (Å²) in [6.07, 6.45) is -0.107. The molecule has 0 bridgehead atoms. The minimum absolute atomic E-state index is 0.00630. The lowest BCUT2D eigenvalue weighted by atomic mass is 10.1.